The van der Waals surface area contributed by atoms with Gasteiger partial charge in [-0.15, -0.1) is 0 Å². The Bertz CT molecular complexity index is 330. The van der Waals surface area contributed by atoms with Gasteiger partial charge in [0.15, 0.2) is 0 Å². The first-order chi connectivity index (χ1) is 8.70. The van der Waals surface area contributed by atoms with Crippen LogP contribution in [0.15, 0.2) is 24.3 Å². The second-order valence-corrected chi connectivity index (χ2v) is 5.66. The Kier molecular flexibility index (Phi) is 6.46. The largest absolute Gasteiger partial charge is 0.0654 e. The van der Waals surface area contributed by atoms with Crippen LogP contribution in [-0.2, 0) is 5.41 Å². The van der Waals surface area contributed by atoms with E-state index >= 15 is 0 Å². The Hall–Kier alpha value is -0.780. The smallest absolute Gasteiger partial charge is 0.00470 e. The van der Waals surface area contributed by atoms with E-state index in [-0.39, 0.29) is 0 Å². The lowest BCUT2D eigenvalue weighted by Crippen LogP contribution is -2.26. The fourth-order valence-electron chi connectivity index (χ4n) is 3.14. The predicted molar refractivity (Wildman–Crippen MR) is 82.2 cm³/mol. The molecular weight excluding hydrogens is 216 g/mol. The topological polar surface area (TPSA) is 0 Å². The Morgan fingerprint density at radius 1 is 0.889 bits per heavy atom. The lowest BCUT2D eigenvalue weighted by atomic mass is 9.69. The van der Waals surface area contributed by atoms with Crippen LogP contribution in [0.25, 0.3) is 0 Å². The summed E-state index contributed by atoms with van der Waals surface area (Å²) in [6.45, 7) is 9.26. The van der Waals surface area contributed by atoms with Crippen molar-refractivity contribution in [3.63, 3.8) is 0 Å². The van der Waals surface area contributed by atoms with Crippen molar-refractivity contribution in [2.75, 3.05) is 0 Å². The monoisotopic (exact) mass is 246 g/mol. The average molecular weight is 246 g/mol. The summed E-state index contributed by atoms with van der Waals surface area (Å²) in [7, 11) is 0. The van der Waals surface area contributed by atoms with Gasteiger partial charge in [0.1, 0.15) is 0 Å². The Morgan fingerprint density at radius 3 is 1.89 bits per heavy atom. The third-order valence-electron chi connectivity index (χ3n) is 4.41. The van der Waals surface area contributed by atoms with Gasteiger partial charge in [-0.1, -0.05) is 70.7 Å². The molecule has 18 heavy (non-hydrogen) atoms. The molecule has 0 unspecified atom stereocenters. The molecule has 1 rings (SSSR count). The summed E-state index contributed by atoms with van der Waals surface area (Å²) < 4.78 is 0. The molecule has 0 fully saturated rings. The van der Waals surface area contributed by atoms with Gasteiger partial charge in [0, 0.05) is 0 Å². The molecule has 0 saturated carbocycles. The molecule has 0 radical (unpaired) electrons. The van der Waals surface area contributed by atoms with Crippen molar-refractivity contribution >= 4 is 0 Å². The fourth-order valence-corrected chi connectivity index (χ4v) is 3.14. The van der Waals surface area contributed by atoms with Crippen molar-refractivity contribution in [1.29, 1.82) is 0 Å². The van der Waals surface area contributed by atoms with Crippen LogP contribution in [0.3, 0.4) is 0 Å². The lowest BCUT2D eigenvalue weighted by Gasteiger charge is -2.35. The van der Waals surface area contributed by atoms with E-state index in [0.29, 0.717) is 5.41 Å². The Labute approximate surface area is 114 Å². The van der Waals surface area contributed by atoms with E-state index in [0.717, 1.165) is 0 Å². The molecule has 102 valence electrons. The van der Waals surface area contributed by atoms with E-state index in [2.05, 4.69) is 52.0 Å². The number of aryl methyl sites for hydroxylation is 1. The summed E-state index contributed by atoms with van der Waals surface area (Å²) in [6, 6.07) is 9.02. The van der Waals surface area contributed by atoms with Crippen LogP contribution in [0.4, 0.5) is 0 Å². The van der Waals surface area contributed by atoms with Crippen molar-refractivity contribution in [1.82, 2.24) is 0 Å². The first-order valence-electron chi connectivity index (χ1n) is 7.76. The maximum atomic E-state index is 2.37. The Morgan fingerprint density at radius 2 is 1.44 bits per heavy atom. The van der Waals surface area contributed by atoms with Gasteiger partial charge in [-0.05, 0) is 42.7 Å². The average Bonchev–Trinajstić information content (AvgIpc) is 2.41. The summed E-state index contributed by atoms with van der Waals surface area (Å²) in [6.07, 6.45) is 9.30. The first-order valence-corrected chi connectivity index (χ1v) is 7.76. The minimum atomic E-state index is 0.428. The van der Waals surface area contributed by atoms with E-state index in [1.165, 1.54) is 50.5 Å². The number of hydrogen-bond donors (Lipinski definition) is 0. The number of unbranched alkanes of at least 4 members (excludes halogenated alkanes) is 2. The van der Waals surface area contributed by atoms with E-state index in [4.69, 9.17) is 0 Å². The molecule has 0 heterocycles. The van der Waals surface area contributed by atoms with E-state index < -0.39 is 0 Å². The number of rotatable bonds is 8. The van der Waals surface area contributed by atoms with Gasteiger partial charge in [0.05, 0.1) is 0 Å². The van der Waals surface area contributed by atoms with Crippen molar-refractivity contribution in [3.8, 4) is 0 Å². The second-order valence-electron chi connectivity index (χ2n) is 5.66. The van der Waals surface area contributed by atoms with Crippen LogP contribution < -0.4 is 0 Å². The maximum Gasteiger partial charge on any atom is -0.00470 e. The molecule has 0 N–H and O–H groups in total. The normalized spacial score (nSPS) is 11.8. The highest BCUT2D eigenvalue weighted by molar-refractivity contribution is 5.33. The molecule has 0 heteroatoms. The highest BCUT2D eigenvalue weighted by atomic mass is 14.3. The molecule has 1 aromatic rings. The Balaban J connectivity index is 3.04. The molecule has 0 saturated heterocycles. The SMILES string of the molecule is CCCCC(CC)(CCCC)c1ccccc1C. The van der Waals surface area contributed by atoms with Gasteiger partial charge in [-0.2, -0.15) is 0 Å². The van der Waals surface area contributed by atoms with Crippen LogP contribution >= 0.6 is 0 Å². The van der Waals surface area contributed by atoms with Gasteiger partial charge in [-0.3, -0.25) is 0 Å². The van der Waals surface area contributed by atoms with Crippen molar-refractivity contribution in [2.45, 2.75) is 78.1 Å². The highest BCUT2D eigenvalue weighted by Gasteiger charge is 2.29. The zero-order valence-corrected chi connectivity index (χ0v) is 12.8. The van der Waals surface area contributed by atoms with Crippen molar-refractivity contribution < 1.29 is 0 Å². The van der Waals surface area contributed by atoms with Gasteiger partial charge in [0.25, 0.3) is 0 Å². The fraction of sp³-hybridized carbons (Fsp3) is 0.667. The summed E-state index contributed by atoms with van der Waals surface area (Å²) in [4.78, 5) is 0. The van der Waals surface area contributed by atoms with Gasteiger partial charge in [0.2, 0.25) is 0 Å². The molecule has 0 aliphatic carbocycles. The molecule has 0 spiro atoms. The van der Waals surface area contributed by atoms with Gasteiger partial charge < -0.3 is 0 Å². The van der Waals surface area contributed by atoms with Crippen molar-refractivity contribution in [3.05, 3.63) is 35.4 Å². The summed E-state index contributed by atoms with van der Waals surface area (Å²) in [5.74, 6) is 0. The van der Waals surface area contributed by atoms with Crippen LogP contribution in [0, 0.1) is 6.92 Å². The first kappa shape index (κ1) is 15.3. The van der Waals surface area contributed by atoms with E-state index in [1.807, 2.05) is 0 Å². The standard InChI is InChI=1S/C18H30/c1-5-8-14-18(7-3,15-9-6-2)17-13-11-10-12-16(17)4/h10-13H,5-9,14-15H2,1-4H3. The molecule has 0 bridgehead atoms. The molecule has 0 atom stereocenters. The van der Waals surface area contributed by atoms with Gasteiger partial charge >= 0.3 is 0 Å². The van der Waals surface area contributed by atoms with Crippen LogP contribution in [0.2, 0.25) is 0 Å². The minimum absolute atomic E-state index is 0.428. The maximum absolute atomic E-state index is 2.37. The minimum Gasteiger partial charge on any atom is -0.0654 e. The molecule has 0 aromatic heterocycles. The second kappa shape index (κ2) is 7.61. The number of hydrogen-bond acceptors (Lipinski definition) is 0. The lowest BCUT2D eigenvalue weighted by molar-refractivity contribution is 0.328. The van der Waals surface area contributed by atoms with Gasteiger partial charge in [-0.25, -0.2) is 0 Å². The molecule has 0 aliphatic rings. The van der Waals surface area contributed by atoms with Crippen molar-refractivity contribution in [2.24, 2.45) is 0 Å². The molecule has 0 nitrogen and oxygen atoms in total. The zero-order chi connectivity index (χ0) is 13.4. The zero-order valence-electron chi connectivity index (χ0n) is 12.8. The third kappa shape index (κ3) is 3.60. The van der Waals surface area contributed by atoms with Crippen LogP contribution in [0.1, 0.15) is 76.8 Å². The predicted octanol–water partition coefficient (Wildman–Crippen LogP) is 6.02. The highest BCUT2D eigenvalue weighted by Crippen LogP contribution is 2.39. The van der Waals surface area contributed by atoms with E-state index in [1.54, 1.807) is 5.56 Å². The summed E-state index contributed by atoms with van der Waals surface area (Å²) in [5.41, 5.74) is 3.51. The molecule has 0 amide bonds. The third-order valence-corrected chi connectivity index (χ3v) is 4.41. The number of benzene rings is 1. The van der Waals surface area contributed by atoms with E-state index in [9.17, 15) is 0 Å². The van der Waals surface area contributed by atoms with Crippen LogP contribution in [0.5, 0.6) is 0 Å². The quantitative estimate of drug-likeness (QED) is 0.526. The van der Waals surface area contributed by atoms with Crippen LogP contribution in [-0.4, -0.2) is 0 Å². The molecule has 0 aliphatic heterocycles. The molecular formula is C18H30. The summed E-state index contributed by atoms with van der Waals surface area (Å²) >= 11 is 0. The summed E-state index contributed by atoms with van der Waals surface area (Å²) in [5, 5.41) is 0. The molecule has 1 aromatic carbocycles.